The fourth-order valence-corrected chi connectivity index (χ4v) is 3.46. The lowest BCUT2D eigenvalue weighted by Gasteiger charge is -2.27. The average Bonchev–Trinajstić information content (AvgIpc) is 2.69. The lowest BCUT2D eigenvalue weighted by atomic mass is 9.86. The molecule has 1 aromatic carbocycles. The second-order valence-corrected chi connectivity index (χ2v) is 6.05. The molecule has 1 aromatic rings. The van der Waals surface area contributed by atoms with E-state index in [1.807, 2.05) is 0 Å². The van der Waals surface area contributed by atoms with Crippen molar-refractivity contribution < 1.29 is 0 Å². The topological polar surface area (TPSA) is 12.0 Å². The van der Waals surface area contributed by atoms with Crippen LogP contribution in [0.2, 0.25) is 0 Å². The molecule has 1 aliphatic rings. The summed E-state index contributed by atoms with van der Waals surface area (Å²) in [6.45, 7) is 5.57. The third kappa shape index (κ3) is 4.35. The van der Waals surface area contributed by atoms with E-state index in [-0.39, 0.29) is 0 Å². The molecule has 1 nitrogen and oxygen atoms in total. The van der Waals surface area contributed by atoms with Crippen LogP contribution in [0.3, 0.4) is 0 Å². The van der Waals surface area contributed by atoms with Gasteiger partial charge in [-0.2, -0.15) is 0 Å². The molecule has 1 atom stereocenters. The number of hydrogen-bond donors (Lipinski definition) is 1. The summed E-state index contributed by atoms with van der Waals surface area (Å²) in [4.78, 5) is 0. The molecular weight excluding hydrogens is 230 g/mol. The Morgan fingerprint density at radius 3 is 2.42 bits per heavy atom. The second kappa shape index (κ2) is 7.69. The minimum absolute atomic E-state index is 0.671. The third-order valence-corrected chi connectivity index (χ3v) is 4.64. The van der Waals surface area contributed by atoms with Crippen molar-refractivity contribution in [1.82, 2.24) is 5.32 Å². The number of likely N-dealkylation sites (N-methyl/N-ethyl adjacent to an activating group) is 1. The maximum atomic E-state index is 3.76. The molecule has 1 unspecified atom stereocenters. The Morgan fingerprint density at radius 2 is 1.79 bits per heavy atom. The van der Waals surface area contributed by atoms with Crippen molar-refractivity contribution in [2.45, 2.75) is 64.8 Å². The van der Waals surface area contributed by atoms with Crippen molar-refractivity contribution in [3.8, 4) is 0 Å². The summed E-state index contributed by atoms with van der Waals surface area (Å²) in [5, 5.41) is 3.76. The van der Waals surface area contributed by atoms with Gasteiger partial charge in [0, 0.05) is 6.04 Å². The minimum atomic E-state index is 0.671. The molecule has 1 saturated carbocycles. The van der Waals surface area contributed by atoms with E-state index in [1.54, 1.807) is 0 Å². The normalized spacial score (nSPS) is 19.1. The first-order valence-corrected chi connectivity index (χ1v) is 8.09. The molecule has 2 rings (SSSR count). The Balaban J connectivity index is 2.04. The number of rotatable bonds is 5. The van der Waals surface area contributed by atoms with E-state index in [0.717, 1.165) is 12.5 Å². The zero-order valence-electron chi connectivity index (χ0n) is 12.6. The van der Waals surface area contributed by atoms with Crippen LogP contribution in [0.4, 0.5) is 0 Å². The van der Waals surface area contributed by atoms with Gasteiger partial charge in [0.2, 0.25) is 0 Å². The number of nitrogens with one attached hydrogen (secondary N) is 1. The fraction of sp³-hybridized carbons (Fsp3) is 0.667. The molecule has 1 N–H and O–H groups in total. The van der Waals surface area contributed by atoms with Gasteiger partial charge in [-0.05, 0) is 49.8 Å². The van der Waals surface area contributed by atoms with E-state index >= 15 is 0 Å². The number of hydrogen-bond acceptors (Lipinski definition) is 1. The van der Waals surface area contributed by atoms with Gasteiger partial charge in [0.15, 0.2) is 0 Å². The summed E-state index contributed by atoms with van der Waals surface area (Å²) in [5.74, 6) is 0.877. The summed E-state index contributed by atoms with van der Waals surface area (Å²) in [5.41, 5.74) is 2.97. The largest absolute Gasteiger partial charge is 0.314 e. The Morgan fingerprint density at radius 1 is 1.11 bits per heavy atom. The van der Waals surface area contributed by atoms with E-state index < -0.39 is 0 Å². The van der Waals surface area contributed by atoms with Crippen molar-refractivity contribution in [2.75, 3.05) is 6.54 Å². The van der Waals surface area contributed by atoms with Gasteiger partial charge >= 0.3 is 0 Å². The predicted octanol–water partition coefficient (Wildman–Crippen LogP) is 4.49. The molecule has 0 spiro atoms. The van der Waals surface area contributed by atoms with Gasteiger partial charge in [-0.25, -0.2) is 0 Å². The van der Waals surface area contributed by atoms with Crippen molar-refractivity contribution in [1.29, 1.82) is 0 Å². The average molecular weight is 259 g/mol. The van der Waals surface area contributed by atoms with Crippen LogP contribution in [-0.4, -0.2) is 12.6 Å². The summed E-state index contributed by atoms with van der Waals surface area (Å²) in [7, 11) is 0. The van der Waals surface area contributed by atoms with E-state index in [2.05, 4.69) is 43.4 Å². The molecule has 19 heavy (non-hydrogen) atoms. The smallest absolute Gasteiger partial charge is 0.0136 e. The molecular formula is C18H29N. The Hall–Kier alpha value is -0.820. The molecule has 0 bridgehead atoms. The maximum absolute atomic E-state index is 3.76. The highest BCUT2D eigenvalue weighted by Crippen LogP contribution is 2.27. The summed E-state index contributed by atoms with van der Waals surface area (Å²) < 4.78 is 0. The first-order chi connectivity index (χ1) is 9.31. The highest BCUT2D eigenvalue weighted by atomic mass is 14.9. The van der Waals surface area contributed by atoms with Gasteiger partial charge < -0.3 is 5.32 Å². The van der Waals surface area contributed by atoms with Crippen LogP contribution in [0, 0.1) is 12.8 Å². The van der Waals surface area contributed by atoms with E-state index in [0.29, 0.717) is 6.04 Å². The van der Waals surface area contributed by atoms with Gasteiger partial charge in [0.1, 0.15) is 0 Å². The van der Waals surface area contributed by atoms with Gasteiger partial charge in [-0.3, -0.25) is 0 Å². The first-order valence-electron chi connectivity index (χ1n) is 8.09. The van der Waals surface area contributed by atoms with Crippen molar-refractivity contribution in [2.24, 2.45) is 5.92 Å². The summed E-state index contributed by atoms with van der Waals surface area (Å²) in [6, 6.07) is 9.54. The molecule has 106 valence electrons. The lowest BCUT2D eigenvalue weighted by molar-refractivity contribution is 0.321. The monoisotopic (exact) mass is 259 g/mol. The van der Waals surface area contributed by atoms with Gasteiger partial charge in [0.25, 0.3) is 0 Å². The molecule has 0 aromatic heterocycles. The van der Waals surface area contributed by atoms with Crippen LogP contribution < -0.4 is 5.32 Å². The number of benzene rings is 1. The first kappa shape index (κ1) is 14.6. The van der Waals surface area contributed by atoms with Crippen molar-refractivity contribution in [3.63, 3.8) is 0 Å². The number of aryl methyl sites for hydroxylation is 1. The maximum Gasteiger partial charge on any atom is 0.0136 e. The van der Waals surface area contributed by atoms with Gasteiger partial charge in [-0.1, -0.05) is 56.9 Å². The highest BCUT2D eigenvalue weighted by Gasteiger charge is 2.22. The molecule has 0 radical (unpaired) electrons. The fourth-order valence-electron chi connectivity index (χ4n) is 3.46. The molecule has 1 aliphatic carbocycles. The molecule has 1 heteroatoms. The van der Waals surface area contributed by atoms with Crippen LogP contribution in [-0.2, 0) is 6.42 Å². The molecule has 0 saturated heterocycles. The molecule has 1 fully saturated rings. The standard InChI is InChI=1S/C18H29N/c1-3-19-18(16-11-6-4-5-7-12-16)14-17-13-9-8-10-15(17)2/h8-10,13,16,18-19H,3-7,11-12,14H2,1-2H3. The van der Waals surface area contributed by atoms with Crippen LogP contribution in [0.15, 0.2) is 24.3 Å². The summed E-state index contributed by atoms with van der Waals surface area (Å²) >= 11 is 0. The van der Waals surface area contributed by atoms with Crippen LogP contribution in [0.1, 0.15) is 56.6 Å². The lowest BCUT2D eigenvalue weighted by Crippen LogP contribution is -2.38. The van der Waals surface area contributed by atoms with Crippen LogP contribution in [0.5, 0.6) is 0 Å². The highest BCUT2D eigenvalue weighted by molar-refractivity contribution is 5.26. The third-order valence-electron chi connectivity index (χ3n) is 4.64. The van der Waals surface area contributed by atoms with E-state index in [9.17, 15) is 0 Å². The van der Waals surface area contributed by atoms with Gasteiger partial charge in [-0.15, -0.1) is 0 Å². The zero-order valence-corrected chi connectivity index (χ0v) is 12.6. The Bertz CT molecular complexity index is 364. The summed E-state index contributed by atoms with van der Waals surface area (Å²) in [6.07, 6.45) is 9.79. The molecule has 0 heterocycles. The van der Waals surface area contributed by atoms with Crippen LogP contribution >= 0.6 is 0 Å². The SMILES string of the molecule is CCNC(Cc1ccccc1C)C1CCCCCC1. The molecule has 0 amide bonds. The Labute approximate surface area is 118 Å². The van der Waals surface area contributed by atoms with Gasteiger partial charge in [0.05, 0.1) is 0 Å². The van der Waals surface area contributed by atoms with Crippen molar-refractivity contribution in [3.05, 3.63) is 35.4 Å². The quantitative estimate of drug-likeness (QED) is 0.768. The van der Waals surface area contributed by atoms with E-state index in [4.69, 9.17) is 0 Å². The molecule has 0 aliphatic heterocycles. The Kier molecular flexibility index (Phi) is 5.91. The van der Waals surface area contributed by atoms with Crippen LogP contribution in [0.25, 0.3) is 0 Å². The zero-order chi connectivity index (χ0) is 13.5. The minimum Gasteiger partial charge on any atom is -0.314 e. The van der Waals surface area contributed by atoms with E-state index in [1.165, 1.54) is 56.1 Å². The predicted molar refractivity (Wildman–Crippen MR) is 83.5 cm³/mol. The van der Waals surface area contributed by atoms with Crippen molar-refractivity contribution >= 4 is 0 Å². The second-order valence-electron chi connectivity index (χ2n) is 6.05.